The Kier molecular flexibility index (Phi) is 3.33. The zero-order valence-electron chi connectivity index (χ0n) is 14.0. The molecule has 0 saturated heterocycles. The summed E-state index contributed by atoms with van der Waals surface area (Å²) in [5.74, 6) is 0.0882. The molecule has 0 atom stereocenters. The van der Waals surface area contributed by atoms with Crippen molar-refractivity contribution in [2.24, 2.45) is 0 Å². The highest BCUT2D eigenvalue weighted by Crippen LogP contribution is 2.44. The molecule has 4 aromatic rings. The average Bonchev–Trinajstić information content (AvgIpc) is 2.87. The van der Waals surface area contributed by atoms with Gasteiger partial charge in [0.05, 0.1) is 10.6 Å². The van der Waals surface area contributed by atoms with E-state index in [-0.39, 0.29) is 5.75 Å². The highest BCUT2D eigenvalue weighted by molar-refractivity contribution is 7.22. The number of nitrogen functional groups attached to an aromatic ring is 1. The Morgan fingerprint density at radius 3 is 2.72 bits per heavy atom. The molecule has 25 heavy (non-hydrogen) atoms. The van der Waals surface area contributed by atoms with E-state index < -0.39 is 5.63 Å². The van der Waals surface area contributed by atoms with Crippen molar-refractivity contribution in [3.05, 3.63) is 51.5 Å². The molecule has 0 unspecified atom stereocenters. The lowest BCUT2D eigenvalue weighted by molar-refractivity contribution is 0.468. The number of anilines is 1. The summed E-state index contributed by atoms with van der Waals surface area (Å²) in [6.07, 6.45) is 0. The van der Waals surface area contributed by atoms with E-state index in [9.17, 15) is 9.90 Å². The lowest BCUT2D eigenvalue weighted by atomic mass is 10.0. The number of fused-ring (bicyclic) bond motifs is 2. The molecule has 0 saturated carbocycles. The normalized spacial score (nSPS) is 11.5. The van der Waals surface area contributed by atoms with Crippen LogP contribution in [0.2, 0.25) is 0 Å². The highest BCUT2D eigenvalue weighted by atomic mass is 32.1. The van der Waals surface area contributed by atoms with Crippen molar-refractivity contribution in [3.63, 3.8) is 0 Å². The molecule has 1 aromatic carbocycles. The fourth-order valence-corrected chi connectivity index (χ4v) is 4.45. The lowest BCUT2D eigenvalue weighted by Crippen LogP contribution is -1.99. The number of pyridine rings is 1. The number of aryl methyl sites for hydroxylation is 3. The van der Waals surface area contributed by atoms with Gasteiger partial charge in [-0.1, -0.05) is 0 Å². The SMILES string of the molecule is Cc1cc(C)c2c(N)c(-c3cc(=O)oc4c(C)c(O)ccc34)sc2n1. The molecule has 0 radical (unpaired) electrons. The van der Waals surface area contributed by atoms with Crippen LogP contribution in [0.15, 0.2) is 33.5 Å². The van der Waals surface area contributed by atoms with Gasteiger partial charge in [-0.25, -0.2) is 9.78 Å². The molecule has 6 heteroatoms. The maximum Gasteiger partial charge on any atom is 0.336 e. The number of phenolic OH excluding ortho intramolecular Hbond substituents is 1. The number of nitrogens with two attached hydrogens (primary N) is 1. The topological polar surface area (TPSA) is 89.4 Å². The second-order valence-corrected chi connectivity index (χ2v) is 7.17. The van der Waals surface area contributed by atoms with E-state index in [1.807, 2.05) is 19.9 Å². The van der Waals surface area contributed by atoms with Crippen molar-refractivity contribution in [2.75, 3.05) is 5.73 Å². The first kappa shape index (κ1) is 15.7. The zero-order valence-corrected chi connectivity index (χ0v) is 14.8. The summed E-state index contributed by atoms with van der Waals surface area (Å²) in [4.78, 5) is 18.3. The van der Waals surface area contributed by atoms with Crippen molar-refractivity contribution >= 4 is 38.2 Å². The standard InChI is InChI=1S/C19H16N2O3S/c1-8-6-9(2)21-19-15(8)16(20)18(25-19)12-7-14(23)24-17-10(3)13(22)5-4-11(12)17/h4-7,22H,20H2,1-3H3. The van der Waals surface area contributed by atoms with E-state index in [4.69, 9.17) is 10.2 Å². The van der Waals surface area contributed by atoms with Crippen LogP contribution in [0.3, 0.4) is 0 Å². The molecule has 0 aliphatic carbocycles. The number of hydrogen-bond donors (Lipinski definition) is 2. The molecule has 0 aliphatic rings. The van der Waals surface area contributed by atoms with E-state index in [0.717, 1.165) is 31.7 Å². The lowest BCUT2D eigenvalue weighted by Gasteiger charge is -2.08. The van der Waals surface area contributed by atoms with Crippen molar-refractivity contribution < 1.29 is 9.52 Å². The minimum absolute atomic E-state index is 0.0882. The van der Waals surface area contributed by atoms with Crippen LogP contribution in [0, 0.1) is 20.8 Å². The molecule has 0 spiro atoms. The highest BCUT2D eigenvalue weighted by Gasteiger charge is 2.19. The fraction of sp³-hybridized carbons (Fsp3) is 0.158. The third-order valence-corrected chi connectivity index (χ3v) is 5.53. The van der Waals surface area contributed by atoms with Crippen LogP contribution in [0.25, 0.3) is 31.6 Å². The molecule has 3 N–H and O–H groups in total. The zero-order chi connectivity index (χ0) is 17.9. The molecular weight excluding hydrogens is 336 g/mol. The first-order valence-corrected chi connectivity index (χ1v) is 8.61. The van der Waals surface area contributed by atoms with Crippen molar-refractivity contribution in [2.45, 2.75) is 20.8 Å². The summed E-state index contributed by atoms with van der Waals surface area (Å²) in [6, 6.07) is 6.78. The first-order chi connectivity index (χ1) is 11.9. The Bertz CT molecular complexity index is 1220. The molecule has 0 fully saturated rings. The van der Waals surface area contributed by atoms with Crippen LogP contribution in [-0.2, 0) is 0 Å². The molecule has 4 rings (SSSR count). The van der Waals surface area contributed by atoms with Crippen LogP contribution in [-0.4, -0.2) is 10.1 Å². The van der Waals surface area contributed by atoms with Gasteiger partial charge >= 0.3 is 5.63 Å². The van der Waals surface area contributed by atoms with Crippen LogP contribution in [0.1, 0.15) is 16.8 Å². The third-order valence-electron chi connectivity index (χ3n) is 4.40. The molecule has 5 nitrogen and oxygen atoms in total. The predicted molar refractivity (Wildman–Crippen MR) is 101 cm³/mol. The largest absolute Gasteiger partial charge is 0.508 e. The maximum absolute atomic E-state index is 12.1. The second kappa shape index (κ2) is 5.32. The van der Waals surface area contributed by atoms with Crippen molar-refractivity contribution in [1.29, 1.82) is 0 Å². The van der Waals surface area contributed by atoms with Gasteiger partial charge in [-0.3, -0.25) is 0 Å². The summed E-state index contributed by atoms with van der Waals surface area (Å²) in [6.45, 7) is 5.66. The number of hydrogen-bond acceptors (Lipinski definition) is 6. The number of rotatable bonds is 1. The number of nitrogens with zero attached hydrogens (tertiary/aromatic N) is 1. The van der Waals surface area contributed by atoms with Gasteiger partial charge in [-0.15, -0.1) is 11.3 Å². The van der Waals surface area contributed by atoms with Gasteiger partial charge in [0.2, 0.25) is 0 Å². The Hall–Kier alpha value is -2.86. The quantitative estimate of drug-likeness (QED) is 0.499. The van der Waals surface area contributed by atoms with Gasteiger partial charge in [0.1, 0.15) is 16.2 Å². The van der Waals surface area contributed by atoms with Gasteiger partial charge in [0, 0.05) is 33.7 Å². The van der Waals surface area contributed by atoms with Gasteiger partial charge in [-0.2, -0.15) is 0 Å². The third kappa shape index (κ3) is 2.29. The number of aromatic hydroxyl groups is 1. The molecule has 0 bridgehead atoms. The smallest absolute Gasteiger partial charge is 0.336 e. The number of benzene rings is 1. The number of phenols is 1. The Morgan fingerprint density at radius 1 is 1.20 bits per heavy atom. The summed E-state index contributed by atoms with van der Waals surface area (Å²) in [7, 11) is 0. The van der Waals surface area contributed by atoms with E-state index in [2.05, 4.69) is 4.98 Å². The van der Waals surface area contributed by atoms with E-state index >= 15 is 0 Å². The molecule has 0 aliphatic heterocycles. The van der Waals surface area contributed by atoms with Gasteiger partial charge in [-0.05, 0) is 44.5 Å². The van der Waals surface area contributed by atoms with Gasteiger partial charge in [0.15, 0.2) is 0 Å². The summed E-state index contributed by atoms with van der Waals surface area (Å²) < 4.78 is 5.32. The molecule has 126 valence electrons. The number of thiophene rings is 1. The van der Waals surface area contributed by atoms with Crippen LogP contribution < -0.4 is 11.4 Å². The Morgan fingerprint density at radius 2 is 1.96 bits per heavy atom. The molecule has 0 amide bonds. The van der Waals surface area contributed by atoms with Crippen molar-refractivity contribution in [3.8, 4) is 16.2 Å². The summed E-state index contributed by atoms with van der Waals surface area (Å²) >= 11 is 1.46. The van der Waals surface area contributed by atoms with E-state index in [0.29, 0.717) is 22.4 Å². The Labute approximate surface area is 147 Å². The first-order valence-electron chi connectivity index (χ1n) is 7.80. The van der Waals surface area contributed by atoms with Crippen LogP contribution >= 0.6 is 11.3 Å². The minimum Gasteiger partial charge on any atom is -0.508 e. The van der Waals surface area contributed by atoms with E-state index in [1.165, 1.54) is 17.4 Å². The van der Waals surface area contributed by atoms with Gasteiger partial charge < -0.3 is 15.3 Å². The van der Waals surface area contributed by atoms with Crippen LogP contribution in [0.5, 0.6) is 5.75 Å². The predicted octanol–water partition coefficient (Wildman–Crippen LogP) is 4.28. The fourth-order valence-electron chi connectivity index (χ4n) is 3.21. The van der Waals surface area contributed by atoms with Gasteiger partial charge in [0.25, 0.3) is 0 Å². The number of aromatic nitrogens is 1. The second-order valence-electron chi connectivity index (χ2n) is 6.17. The monoisotopic (exact) mass is 352 g/mol. The van der Waals surface area contributed by atoms with Crippen molar-refractivity contribution in [1.82, 2.24) is 4.98 Å². The minimum atomic E-state index is -0.478. The molecular formula is C19H16N2O3S. The average molecular weight is 352 g/mol. The van der Waals surface area contributed by atoms with Crippen LogP contribution in [0.4, 0.5) is 5.69 Å². The molecule has 3 heterocycles. The summed E-state index contributed by atoms with van der Waals surface area (Å²) in [5.41, 5.74) is 10.1. The van der Waals surface area contributed by atoms with E-state index in [1.54, 1.807) is 19.1 Å². The maximum atomic E-state index is 12.1. The summed E-state index contributed by atoms with van der Waals surface area (Å²) in [5, 5.41) is 11.6. The Balaban J connectivity index is 2.14. The molecule has 3 aromatic heterocycles.